The van der Waals surface area contributed by atoms with E-state index >= 15 is 0 Å². The number of amides is 2. The number of carboxylic acids is 1. The normalized spacial score (nSPS) is 10.5. The topological polar surface area (TPSA) is 95.5 Å². The van der Waals surface area contributed by atoms with Gasteiger partial charge in [-0.05, 0) is 41.8 Å². The van der Waals surface area contributed by atoms with Gasteiger partial charge in [0.2, 0.25) is 5.91 Å². The van der Waals surface area contributed by atoms with Gasteiger partial charge in [0.05, 0.1) is 12.1 Å². The first-order valence-electron chi connectivity index (χ1n) is 8.46. The fourth-order valence-electron chi connectivity index (χ4n) is 2.47. The maximum absolute atomic E-state index is 14.2. The van der Waals surface area contributed by atoms with Crippen molar-refractivity contribution >= 4 is 29.2 Å². The molecule has 0 spiro atoms. The molecule has 0 aliphatic heterocycles. The molecule has 0 radical (unpaired) electrons. The lowest BCUT2D eigenvalue weighted by atomic mass is 10.1. The van der Waals surface area contributed by atoms with Crippen LogP contribution < -0.4 is 10.6 Å². The standard InChI is InChI=1S/C20H21FN2O4/c1-12(2)8-18(24)23-17-7-6-14(11-16(17)21)20(27)22-15-5-3-4-13(9-15)10-19(25)26/h3-7,9,11-12H,8,10H2,1-2H3,(H,22,27)(H,23,24)(H,25,26). The zero-order valence-corrected chi connectivity index (χ0v) is 15.1. The van der Waals surface area contributed by atoms with Gasteiger partial charge in [-0.3, -0.25) is 14.4 Å². The van der Waals surface area contributed by atoms with Crippen LogP contribution in [0.25, 0.3) is 0 Å². The average molecular weight is 372 g/mol. The van der Waals surface area contributed by atoms with Crippen LogP contribution in [0.15, 0.2) is 42.5 Å². The minimum atomic E-state index is -0.976. The number of aliphatic carboxylic acids is 1. The van der Waals surface area contributed by atoms with Crippen LogP contribution in [0.5, 0.6) is 0 Å². The summed E-state index contributed by atoms with van der Waals surface area (Å²) in [7, 11) is 0. The van der Waals surface area contributed by atoms with E-state index in [1.54, 1.807) is 24.3 Å². The van der Waals surface area contributed by atoms with E-state index in [2.05, 4.69) is 10.6 Å². The van der Waals surface area contributed by atoms with Gasteiger partial charge >= 0.3 is 5.97 Å². The minimum Gasteiger partial charge on any atom is -0.481 e. The van der Waals surface area contributed by atoms with Crippen molar-refractivity contribution in [2.45, 2.75) is 26.7 Å². The molecular weight excluding hydrogens is 351 g/mol. The summed E-state index contributed by atoms with van der Waals surface area (Å²) in [4.78, 5) is 34.8. The number of nitrogens with one attached hydrogen (secondary N) is 2. The van der Waals surface area contributed by atoms with E-state index in [0.717, 1.165) is 6.07 Å². The Kier molecular flexibility index (Phi) is 6.65. The van der Waals surface area contributed by atoms with Gasteiger partial charge in [-0.25, -0.2) is 4.39 Å². The van der Waals surface area contributed by atoms with E-state index in [-0.39, 0.29) is 35.9 Å². The Morgan fingerprint density at radius 3 is 2.44 bits per heavy atom. The maximum Gasteiger partial charge on any atom is 0.307 e. The van der Waals surface area contributed by atoms with E-state index in [4.69, 9.17) is 5.11 Å². The molecule has 0 fully saturated rings. The smallest absolute Gasteiger partial charge is 0.307 e. The molecule has 0 bridgehead atoms. The molecule has 0 aliphatic rings. The van der Waals surface area contributed by atoms with Crippen LogP contribution in [0.3, 0.4) is 0 Å². The van der Waals surface area contributed by atoms with E-state index < -0.39 is 17.7 Å². The van der Waals surface area contributed by atoms with Crippen molar-refractivity contribution in [3.63, 3.8) is 0 Å². The van der Waals surface area contributed by atoms with Crippen molar-refractivity contribution in [3.05, 3.63) is 59.4 Å². The second-order valence-corrected chi connectivity index (χ2v) is 6.57. The van der Waals surface area contributed by atoms with E-state index in [1.807, 2.05) is 13.8 Å². The van der Waals surface area contributed by atoms with Crippen LogP contribution in [0, 0.1) is 11.7 Å². The molecule has 6 nitrogen and oxygen atoms in total. The molecule has 7 heteroatoms. The first-order chi connectivity index (χ1) is 12.7. The molecule has 27 heavy (non-hydrogen) atoms. The van der Waals surface area contributed by atoms with Gasteiger partial charge < -0.3 is 15.7 Å². The lowest BCUT2D eigenvalue weighted by molar-refractivity contribution is -0.136. The predicted octanol–water partition coefficient (Wildman–Crippen LogP) is 3.69. The van der Waals surface area contributed by atoms with Crippen LogP contribution in [0.2, 0.25) is 0 Å². The van der Waals surface area contributed by atoms with Crippen LogP contribution in [-0.4, -0.2) is 22.9 Å². The summed E-state index contributed by atoms with van der Waals surface area (Å²) in [6.45, 7) is 3.77. The fraction of sp³-hybridized carbons (Fsp3) is 0.250. The SMILES string of the molecule is CC(C)CC(=O)Nc1ccc(C(=O)Nc2cccc(CC(=O)O)c2)cc1F. The van der Waals surface area contributed by atoms with E-state index in [9.17, 15) is 18.8 Å². The van der Waals surface area contributed by atoms with Crippen LogP contribution >= 0.6 is 0 Å². The first-order valence-corrected chi connectivity index (χ1v) is 8.46. The third-order valence-corrected chi connectivity index (χ3v) is 3.64. The number of carbonyl (C=O) groups excluding carboxylic acids is 2. The second-order valence-electron chi connectivity index (χ2n) is 6.57. The number of carboxylic acid groups (broad SMARTS) is 1. The Hall–Kier alpha value is -3.22. The van der Waals surface area contributed by atoms with Crippen molar-refractivity contribution in [2.75, 3.05) is 10.6 Å². The third-order valence-electron chi connectivity index (χ3n) is 3.64. The lowest BCUT2D eigenvalue weighted by Crippen LogP contribution is -2.16. The zero-order chi connectivity index (χ0) is 20.0. The molecule has 0 atom stereocenters. The summed E-state index contributed by atoms with van der Waals surface area (Å²) < 4.78 is 14.2. The van der Waals surface area contributed by atoms with Crippen molar-refractivity contribution in [1.29, 1.82) is 0 Å². The van der Waals surface area contributed by atoms with E-state index in [1.165, 1.54) is 12.1 Å². The van der Waals surface area contributed by atoms with Crippen LogP contribution in [0.1, 0.15) is 36.2 Å². The van der Waals surface area contributed by atoms with Gasteiger partial charge in [-0.2, -0.15) is 0 Å². The number of anilines is 2. The number of hydrogen-bond donors (Lipinski definition) is 3. The Bertz CT molecular complexity index is 865. The minimum absolute atomic E-state index is 0.0145. The molecule has 2 amide bonds. The Labute approximate surface area is 156 Å². The van der Waals surface area contributed by atoms with Gasteiger partial charge in [0.15, 0.2) is 0 Å². The number of rotatable bonds is 7. The quantitative estimate of drug-likeness (QED) is 0.691. The first kappa shape index (κ1) is 20.1. The van der Waals surface area contributed by atoms with Crippen LogP contribution in [0.4, 0.5) is 15.8 Å². The lowest BCUT2D eigenvalue weighted by Gasteiger charge is -2.10. The fourth-order valence-corrected chi connectivity index (χ4v) is 2.47. The zero-order valence-electron chi connectivity index (χ0n) is 15.1. The molecule has 0 unspecified atom stereocenters. The second kappa shape index (κ2) is 8.93. The summed E-state index contributed by atoms with van der Waals surface area (Å²) in [5, 5.41) is 13.9. The number of carbonyl (C=O) groups is 3. The summed E-state index contributed by atoms with van der Waals surface area (Å²) in [6, 6.07) is 10.2. The monoisotopic (exact) mass is 372 g/mol. The number of halogens is 1. The van der Waals surface area contributed by atoms with E-state index in [0.29, 0.717) is 11.3 Å². The van der Waals surface area contributed by atoms with Gasteiger partial charge in [0.1, 0.15) is 5.82 Å². The summed E-state index contributed by atoms with van der Waals surface area (Å²) >= 11 is 0. The maximum atomic E-state index is 14.2. The highest BCUT2D eigenvalue weighted by Crippen LogP contribution is 2.18. The van der Waals surface area contributed by atoms with Gasteiger partial charge in [0, 0.05) is 17.7 Å². The number of hydrogen-bond acceptors (Lipinski definition) is 3. The molecular formula is C20H21FN2O4. The van der Waals surface area contributed by atoms with Gasteiger partial charge in [-0.1, -0.05) is 26.0 Å². The average Bonchev–Trinajstić information content (AvgIpc) is 2.55. The molecule has 3 N–H and O–H groups in total. The Morgan fingerprint density at radius 1 is 1.07 bits per heavy atom. The largest absolute Gasteiger partial charge is 0.481 e. The molecule has 0 saturated heterocycles. The van der Waals surface area contributed by atoms with Crippen molar-refractivity contribution in [2.24, 2.45) is 5.92 Å². The third kappa shape index (κ3) is 6.22. The highest BCUT2D eigenvalue weighted by molar-refractivity contribution is 6.04. The molecule has 142 valence electrons. The predicted molar refractivity (Wildman–Crippen MR) is 100 cm³/mol. The summed E-state index contributed by atoms with van der Waals surface area (Å²) in [6.07, 6.45) is 0.109. The Balaban J connectivity index is 2.08. The van der Waals surface area contributed by atoms with Crippen molar-refractivity contribution in [1.82, 2.24) is 0 Å². The summed E-state index contributed by atoms with van der Waals surface area (Å²) in [5.74, 6) is -2.37. The molecule has 0 aliphatic carbocycles. The van der Waals surface area contributed by atoms with Gasteiger partial charge in [0.25, 0.3) is 5.91 Å². The Morgan fingerprint density at radius 2 is 1.81 bits per heavy atom. The molecule has 0 aromatic heterocycles. The highest BCUT2D eigenvalue weighted by Gasteiger charge is 2.13. The molecule has 0 saturated carbocycles. The molecule has 2 rings (SSSR count). The molecule has 2 aromatic carbocycles. The molecule has 0 heterocycles. The highest BCUT2D eigenvalue weighted by atomic mass is 19.1. The van der Waals surface area contributed by atoms with Crippen molar-refractivity contribution < 1.29 is 23.9 Å². The summed E-state index contributed by atoms with van der Waals surface area (Å²) in [5.41, 5.74) is 1.04. The van der Waals surface area contributed by atoms with Crippen LogP contribution in [-0.2, 0) is 16.0 Å². The van der Waals surface area contributed by atoms with Gasteiger partial charge in [-0.15, -0.1) is 0 Å². The number of benzene rings is 2. The molecule has 2 aromatic rings. The van der Waals surface area contributed by atoms with Crippen molar-refractivity contribution in [3.8, 4) is 0 Å².